The average Bonchev–Trinajstić information content (AvgIpc) is 2.92. The van der Waals surface area contributed by atoms with Crippen LogP contribution in [0.15, 0.2) is 29.2 Å². The molecular formula is C13H18ClNO3S. The minimum Gasteiger partial charge on any atom is -0.380 e. The Balaban J connectivity index is 2.18. The molecule has 1 unspecified atom stereocenters. The fourth-order valence-electron chi connectivity index (χ4n) is 2.11. The zero-order valence-corrected chi connectivity index (χ0v) is 12.5. The van der Waals surface area contributed by atoms with Gasteiger partial charge in [-0.2, -0.15) is 4.31 Å². The van der Waals surface area contributed by atoms with Crippen LogP contribution in [-0.2, 0) is 21.2 Å². The molecule has 2 rings (SSSR count). The molecule has 1 aromatic rings. The summed E-state index contributed by atoms with van der Waals surface area (Å²) in [4.78, 5) is 0.320. The van der Waals surface area contributed by atoms with E-state index in [-0.39, 0.29) is 6.04 Å². The van der Waals surface area contributed by atoms with Crippen molar-refractivity contribution < 1.29 is 13.2 Å². The smallest absolute Gasteiger partial charge is 0.243 e. The molecule has 6 heteroatoms. The summed E-state index contributed by atoms with van der Waals surface area (Å²) in [5, 5.41) is 0. The van der Waals surface area contributed by atoms with E-state index in [1.807, 2.05) is 12.1 Å². The van der Waals surface area contributed by atoms with Gasteiger partial charge in [0.2, 0.25) is 10.0 Å². The van der Waals surface area contributed by atoms with Gasteiger partial charge in [-0.3, -0.25) is 0 Å². The number of alkyl halides is 1. The second kappa shape index (κ2) is 6.22. The number of nitrogens with zero attached hydrogens (tertiary/aromatic N) is 1. The molecule has 19 heavy (non-hydrogen) atoms. The van der Waals surface area contributed by atoms with Crippen LogP contribution < -0.4 is 0 Å². The van der Waals surface area contributed by atoms with E-state index in [2.05, 4.69) is 0 Å². The third kappa shape index (κ3) is 3.28. The molecule has 1 aliphatic rings. The molecule has 1 heterocycles. The molecule has 1 aromatic carbocycles. The monoisotopic (exact) mass is 303 g/mol. The number of hydrogen-bond donors (Lipinski definition) is 0. The Hall–Kier alpha value is -0.620. The molecule has 0 aromatic heterocycles. The molecule has 4 nitrogen and oxygen atoms in total. The van der Waals surface area contributed by atoms with Gasteiger partial charge < -0.3 is 4.74 Å². The van der Waals surface area contributed by atoms with E-state index >= 15 is 0 Å². The lowest BCUT2D eigenvalue weighted by atomic mass is 10.2. The van der Waals surface area contributed by atoms with Gasteiger partial charge in [0.15, 0.2) is 0 Å². The molecule has 0 N–H and O–H groups in total. The van der Waals surface area contributed by atoms with Crippen molar-refractivity contribution in [3.63, 3.8) is 0 Å². The van der Waals surface area contributed by atoms with Crippen LogP contribution in [0.1, 0.15) is 12.0 Å². The highest BCUT2D eigenvalue weighted by atomic mass is 35.5. The standard InChI is InChI=1S/C13H18ClNO3S/c1-15(12-7-9-18-10-12)19(16,17)13-4-2-11(3-5-13)6-8-14/h2-5,12H,6-10H2,1H3. The van der Waals surface area contributed by atoms with Crippen molar-refractivity contribution in [1.82, 2.24) is 4.31 Å². The molecule has 0 saturated carbocycles. The Morgan fingerprint density at radius 3 is 2.58 bits per heavy atom. The molecule has 1 atom stereocenters. The molecule has 0 radical (unpaired) electrons. The number of rotatable bonds is 5. The maximum absolute atomic E-state index is 12.4. The summed E-state index contributed by atoms with van der Waals surface area (Å²) in [7, 11) is -1.82. The van der Waals surface area contributed by atoms with Crippen molar-refractivity contribution in [3.8, 4) is 0 Å². The molecule has 0 spiro atoms. The molecule has 106 valence electrons. The highest BCUT2D eigenvalue weighted by Crippen LogP contribution is 2.21. The number of halogens is 1. The van der Waals surface area contributed by atoms with Crippen molar-refractivity contribution in [2.45, 2.75) is 23.8 Å². The van der Waals surface area contributed by atoms with Crippen LogP contribution in [-0.4, -0.2) is 44.9 Å². The summed E-state index contributed by atoms with van der Waals surface area (Å²) in [6, 6.07) is 6.85. The van der Waals surface area contributed by atoms with Gasteiger partial charge in [0.05, 0.1) is 17.5 Å². The van der Waals surface area contributed by atoms with Gasteiger partial charge in [-0.15, -0.1) is 11.6 Å². The largest absolute Gasteiger partial charge is 0.380 e. The molecule has 1 aliphatic heterocycles. The van der Waals surface area contributed by atoms with Crippen LogP contribution in [0.25, 0.3) is 0 Å². The van der Waals surface area contributed by atoms with Crippen LogP contribution in [0, 0.1) is 0 Å². The quantitative estimate of drug-likeness (QED) is 0.780. The number of benzene rings is 1. The van der Waals surface area contributed by atoms with Gasteiger partial charge in [0.1, 0.15) is 0 Å². The fourth-order valence-corrected chi connectivity index (χ4v) is 3.70. The first-order chi connectivity index (χ1) is 9.05. The summed E-state index contributed by atoms with van der Waals surface area (Å²) in [5.41, 5.74) is 1.04. The zero-order valence-electron chi connectivity index (χ0n) is 10.9. The van der Waals surface area contributed by atoms with Crippen molar-refractivity contribution in [2.24, 2.45) is 0 Å². The lowest BCUT2D eigenvalue weighted by Gasteiger charge is -2.22. The number of ether oxygens (including phenoxy) is 1. The highest BCUT2D eigenvalue weighted by molar-refractivity contribution is 7.89. The number of hydrogen-bond acceptors (Lipinski definition) is 3. The average molecular weight is 304 g/mol. The van der Waals surface area contributed by atoms with Crippen molar-refractivity contribution >= 4 is 21.6 Å². The molecule has 0 bridgehead atoms. The van der Waals surface area contributed by atoms with Crippen molar-refractivity contribution in [3.05, 3.63) is 29.8 Å². The van der Waals surface area contributed by atoms with Crippen molar-refractivity contribution in [1.29, 1.82) is 0 Å². The van der Waals surface area contributed by atoms with Crippen LogP contribution >= 0.6 is 11.6 Å². The number of aryl methyl sites for hydroxylation is 1. The number of likely N-dealkylation sites (N-methyl/N-ethyl adjacent to an activating group) is 1. The second-order valence-corrected chi connectivity index (χ2v) is 7.00. The third-order valence-electron chi connectivity index (χ3n) is 3.40. The lowest BCUT2D eigenvalue weighted by Crippen LogP contribution is -2.37. The normalized spacial score (nSPS) is 20.1. The van der Waals surface area contributed by atoms with Gasteiger partial charge in [0, 0.05) is 19.5 Å². The second-order valence-electron chi connectivity index (χ2n) is 4.62. The maximum atomic E-state index is 12.4. The Morgan fingerprint density at radius 1 is 1.37 bits per heavy atom. The van der Waals surface area contributed by atoms with Crippen molar-refractivity contribution in [2.75, 3.05) is 26.1 Å². The highest BCUT2D eigenvalue weighted by Gasteiger charge is 2.30. The maximum Gasteiger partial charge on any atom is 0.243 e. The van der Waals surface area contributed by atoms with Crippen LogP contribution in [0.4, 0.5) is 0 Å². The van der Waals surface area contributed by atoms with E-state index in [4.69, 9.17) is 16.3 Å². The zero-order chi connectivity index (χ0) is 13.9. The summed E-state index contributed by atoms with van der Waals surface area (Å²) in [5.74, 6) is 0.533. The van der Waals surface area contributed by atoms with E-state index in [0.29, 0.717) is 24.0 Å². The predicted molar refractivity (Wildman–Crippen MR) is 75.0 cm³/mol. The van der Waals surface area contributed by atoms with Gasteiger partial charge in [0.25, 0.3) is 0 Å². The lowest BCUT2D eigenvalue weighted by molar-refractivity contribution is 0.181. The molecule has 0 amide bonds. The van der Waals surface area contributed by atoms with E-state index in [0.717, 1.165) is 18.4 Å². The molecule has 0 aliphatic carbocycles. The first-order valence-corrected chi connectivity index (χ1v) is 8.24. The summed E-state index contributed by atoms with van der Waals surface area (Å²) in [6.45, 7) is 1.10. The summed E-state index contributed by atoms with van der Waals surface area (Å²) >= 11 is 5.66. The Kier molecular flexibility index (Phi) is 4.84. The first kappa shape index (κ1) is 14.8. The van der Waals surface area contributed by atoms with Crippen LogP contribution in [0.3, 0.4) is 0 Å². The summed E-state index contributed by atoms with van der Waals surface area (Å²) in [6.07, 6.45) is 1.49. The van der Waals surface area contributed by atoms with E-state index in [1.54, 1.807) is 19.2 Å². The third-order valence-corrected chi connectivity index (χ3v) is 5.52. The van der Waals surface area contributed by atoms with Gasteiger partial charge >= 0.3 is 0 Å². The fraction of sp³-hybridized carbons (Fsp3) is 0.538. The van der Waals surface area contributed by atoms with E-state index < -0.39 is 10.0 Å². The minimum atomic E-state index is -3.43. The SMILES string of the molecule is CN(C1CCOC1)S(=O)(=O)c1ccc(CCCl)cc1. The van der Waals surface area contributed by atoms with E-state index in [9.17, 15) is 8.42 Å². The minimum absolute atomic E-state index is 0.0625. The first-order valence-electron chi connectivity index (χ1n) is 6.26. The summed E-state index contributed by atoms with van der Waals surface area (Å²) < 4.78 is 31.5. The molecule has 1 fully saturated rings. The predicted octanol–water partition coefficient (Wildman–Crippen LogP) is 1.88. The number of sulfonamides is 1. The topological polar surface area (TPSA) is 46.6 Å². The van der Waals surface area contributed by atoms with E-state index in [1.165, 1.54) is 4.31 Å². The molecular weight excluding hydrogens is 286 g/mol. The van der Waals surface area contributed by atoms with Gasteiger partial charge in [-0.05, 0) is 30.5 Å². The Labute approximate surface area is 119 Å². The Bertz CT molecular complexity index is 509. The van der Waals surface area contributed by atoms with Crippen LogP contribution in [0.2, 0.25) is 0 Å². The molecule has 1 saturated heterocycles. The van der Waals surface area contributed by atoms with Gasteiger partial charge in [-0.25, -0.2) is 8.42 Å². The Morgan fingerprint density at radius 2 is 2.05 bits per heavy atom. The van der Waals surface area contributed by atoms with Crippen LogP contribution in [0.5, 0.6) is 0 Å². The van der Waals surface area contributed by atoms with Gasteiger partial charge in [-0.1, -0.05) is 12.1 Å².